The van der Waals surface area contributed by atoms with Crippen LogP contribution in [0.2, 0.25) is 0 Å². The number of hydrogen-bond donors (Lipinski definition) is 3. The number of carboxylic acids is 1. The summed E-state index contributed by atoms with van der Waals surface area (Å²) in [5, 5.41) is 31.6. The van der Waals surface area contributed by atoms with E-state index in [0.29, 0.717) is 19.3 Å². The first kappa shape index (κ1) is 74.0. The van der Waals surface area contributed by atoms with Crippen LogP contribution in [0.3, 0.4) is 0 Å². The van der Waals surface area contributed by atoms with Crippen LogP contribution in [0.4, 0.5) is 0 Å². The molecule has 3 N–H and O–H groups in total. The number of carbonyl (C=O) groups is 4. The van der Waals surface area contributed by atoms with E-state index in [-0.39, 0.29) is 25.9 Å². The molecule has 0 aromatic heterocycles. The van der Waals surface area contributed by atoms with Gasteiger partial charge in [0.05, 0.1) is 6.61 Å². The van der Waals surface area contributed by atoms with Crippen LogP contribution < -0.4 is 0 Å². The summed E-state index contributed by atoms with van der Waals surface area (Å²) >= 11 is 0. The third-order valence-corrected chi connectivity index (χ3v) is 15.2. The molecule has 0 spiro atoms. The van der Waals surface area contributed by atoms with Crippen molar-refractivity contribution in [1.29, 1.82) is 0 Å². The number of aliphatic hydroxyl groups excluding tert-OH is 2. The standard InChI is InChI=1S/C67H120O12/c1-4-7-10-13-16-19-22-25-27-29-30-32-33-36-38-41-44-47-50-53-59(68)75-56-58(77-60(69)54-51-48-45-42-39-35-24-21-18-15-12-9-6-3)57-76-67-65(63(72)62(71)64(79-67)66(73)74)78-61(70)55-52-49-46-43-40-37-34-31-28-26-23-20-17-14-11-8-5-2/h12,15,21,24,26,28,58,62-65,67,71-72H,4-11,13-14,16-20,22-23,25,27,29-57H2,1-3H3,(H,73,74)/b15-12-,24-21-,28-26-. The quantitative estimate of drug-likeness (QED) is 0.0228. The van der Waals surface area contributed by atoms with Crippen molar-refractivity contribution in [3.05, 3.63) is 36.5 Å². The van der Waals surface area contributed by atoms with E-state index in [1.807, 2.05) is 0 Å². The van der Waals surface area contributed by atoms with Crippen molar-refractivity contribution in [2.24, 2.45) is 0 Å². The molecule has 1 aliphatic rings. The number of esters is 3. The number of carboxylic acid groups (broad SMARTS) is 1. The summed E-state index contributed by atoms with van der Waals surface area (Å²) in [6, 6.07) is 0. The molecule has 12 heteroatoms. The summed E-state index contributed by atoms with van der Waals surface area (Å²) in [5.74, 6) is -3.11. The lowest BCUT2D eigenvalue weighted by molar-refractivity contribution is -0.301. The maximum atomic E-state index is 13.2. The van der Waals surface area contributed by atoms with Gasteiger partial charge in [-0.05, 0) is 70.6 Å². The summed E-state index contributed by atoms with van der Waals surface area (Å²) in [4.78, 5) is 51.3. The molecule has 6 unspecified atom stereocenters. The van der Waals surface area contributed by atoms with Gasteiger partial charge in [0, 0.05) is 19.3 Å². The summed E-state index contributed by atoms with van der Waals surface area (Å²) in [5.41, 5.74) is 0. The van der Waals surface area contributed by atoms with Crippen molar-refractivity contribution in [3.63, 3.8) is 0 Å². The molecule has 0 bridgehead atoms. The second-order valence-corrected chi connectivity index (χ2v) is 22.8. The molecule has 0 amide bonds. The largest absolute Gasteiger partial charge is 0.479 e. The summed E-state index contributed by atoms with van der Waals surface area (Å²) in [6.07, 6.45) is 53.9. The van der Waals surface area contributed by atoms with Gasteiger partial charge in [-0.3, -0.25) is 14.4 Å². The Bertz CT molecular complexity index is 1510. The highest BCUT2D eigenvalue weighted by molar-refractivity contribution is 5.74. The zero-order valence-corrected chi connectivity index (χ0v) is 50.9. The van der Waals surface area contributed by atoms with E-state index >= 15 is 0 Å². The van der Waals surface area contributed by atoms with Crippen LogP contribution in [-0.2, 0) is 42.9 Å². The van der Waals surface area contributed by atoms with Crippen LogP contribution in [0, 0.1) is 0 Å². The molecule has 1 heterocycles. The van der Waals surface area contributed by atoms with E-state index in [2.05, 4.69) is 57.2 Å². The van der Waals surface area contributed by atoms with Crippen LogP contribution in [0.5, 0.6) is 0 Å². The fourth-order valence-corrected chi connectivity index (χ4v) is 10.1. The second kappa shape index (κ2) is 55.5. The van der Waals surface area contributed by atoms with Gasteiger partial charge in [0.25, 0.3) is 0 Å². The van der Waals surface area contributed by atoms with E-state index in [9.17, 15) is 34.5 Å². The van der Waals surface area contributed by atoms with E-state index in [1.54, 1.807) is 0 Å². The first-order valence-corrected chi connectivity index (χ1v) is 33.0. The number of unbranched alkanes of at least 4 members (excludes halogenated alkanes) is 37. The van der Waals surface area contributed by atoms with Crippen LogP contribution in [0.15, 0.2) is 36.5 Å². The molecule has 12 nitrogen and oxygen atoms in total. The topological polar surface area (TPSA) is 175 Å². The molecule has 6 atom stereocenters. The molecular formula is C67H120O12. The van der Waals surface area contributed by atoms with Gasteiger partial charge in [-0.15, -0.1) is 0 Å². The minimum atomic E-state index is -1.90. The highest BCUT2D eigenvalue weighted by atomic mass is 16.7. The molecular weight excluding hydrogens is 997 g/mol. The lowest BCUT2D eigenvalue weighted by Gasteiger charge is -2.40. The second-order valence-electron chi connectivity index (χ2n) is 22.8. The van der Waals surface area contributed by atoms with E-state index in [4.69, 9.17) is 23.7 Å². The normalized spacial score (nSPS) is 18.0. The number of allylic oxidation sites excluding steroid dienone is 6. The van der Waals surface area contributed by atoms with Gasteiger partial charge in [0.15, 0.2) is 24.6 Å². The summed E-state index contributed by atoms with van der Waals surface area (Å²) in [6.45, 7) is 5.96. The van der Waals surface area contributed by atoms with Crippen LogP contribution in [0.25, 0.3) is 0 Å². The first-order valence-electron chi connectivity index (χ1n) is 33.0. The average Bonchev–Trinajstić information content (AvgIpc) is 3.44. The lowest BCUT2D eigenvalue weighted by Crippen LogP contribution is -2.61. The molecule has 1 aliphatic heterocycles. The Balaban J connectivity index is 2.62. The van der Waals surface area contributed by atoms with Gasteiger partial charge in [0.2, 0.25) is 0 Å². The Morgan fingerprint density at radius 2 is 0.785 bits per heavy atom. The van der Waals surface area contributed by atoms with Gasteiger partial charge < -0.3 is 39.0 Å². The third-order valence-electron chi connectivity index (χ3n) is 15.2. The number of carbonyl (C=O) groups excluding carboxylic acids is 3. The molecule has 0 aromatic carbocycles. The van der Waals surface area contributed by atoms with Crippen molar-refractivity contribution in [3.8, 4) is 0 Å². The zero-order chi connectivity index (χ0) is 57.5. The fourth-order valence-electron chi connectivity index (χ4n) is 10.1. The number of hydrogen-bond acceptors (Lipinski definition) is 11. The lowest BCUT2D eigenvalue weighted by atomic mass is 9.98. The predicted octanol–water partition coefficient (Wildman–Crippen LogP) is 17.6. The van der Waals surface area contributed by atoms with Gasteiger partial charge >= 0.3 is 23.9 Å². The van der Waals surface area contributed by atoms with Gasteiger partial charge in [-0.1, -0.05) is 263 Å². The van der Waals surface area contributed by atoms with Gasteiger partial charge in [0.1, 0.15) is 18.8 Å². The maximum Gasteiger partial charge on any atom is 0.335 e. The smallest absolute Gasteiger partial charge is 0.335 e. The van der Waals surface area contributed by atoms with E-state index < -0.39 is 67.3 Å². The average molecular weight is 1120 g/mol. The van der Waals surface area contributed by atoms with Crippen molar-refractivity contribution in [1.82, 2.24) is 0 Å². The molecule has 1 saturated heterocycles. The Hall–Kier alpha value is -3.06. The van der Waals surface area contributed by atoms with Crippen molar-refractivity contribution >= 4 is 23.9 Å². The molecule has 460 valence electrons. The molecule has 79 heavy (non-hydrogen) atoms. The molecule has 0 radical (unpaired) electrons. The highest BCUT2D eigenvalue weighted by Crippen LogP contribution is 2.27. The molecule has 1 rings (SSSR count). The van der Waals surface area contributed by atoms with Crippen LogP contribution in [0.1, 0.15) is 316 Å². The van der Waals surface area contributed by atoms with Crippen molar-refractivity contribution < 1.29 is 58.2 Å². The Morgan fingerprint density at radius 3 is 1.20 bits per heavy atom. The first-order chi connectivity index (χ1) is 38.6. The third kappa shape index (κ3) is 45.2. The van der Waals surface area contributed by atoms with Gasteiger partial charge in [-0.25, -0.2) is 4.79 Å². The minimum Gasteiger partial charge on any atom is -0.479 e. The Labute approximate surface area is 482 Å². The molecule has 0 aliphatic carbocycles. The number of rotatable bonds is 57. The summed E-state index contributed by atoms with van der Waals surface area (Å²) < 4.78 is 28.5. The number of ether oxygens (including phenoxy) is 5. The van der Waals surface area contributed by atoms with Crippen LogP contribution >= 0.6 is 0 Å². The van der Waals surface area contributed by atoms with Crippen LogP contribution in [-0.4, -0.2) is 89.2 Å². The Morgan fingerprint density at radius 1 is 0.418 bits per heavy atom. The predicted molar refractivity (Wildman–Crippen MR) is 322 cm³/mol. The number of aliphatic carboxylic acids is 1. The summed E-state index contributed by atoms with van der Waals surface area (Å²) in [7, 11) is 0. The SMILES string of the molecule is CCC/C=C\C/C=C\CCCCCCCC(=O)OC(COC(=O)CCCCCCCCCCCCCCCCCCCCC)COC1OC(C(=O)O)C(O)C(O)C1OC(=O)CCCCCCCCC/C=C\CCCCCCCC. The van der Waals surface area contributed by atoms with E-state index in [1.165, 1.54) is 154 Å². The van der Waals surface area contributed by atoms with E-state index in [0.717, 1.165) is 103 Å². The monoisotopic (exact) mass is 1120 g/mol. The fraction of sp³-hybridized carbons (Fsp3) is 0.851. The molecule has 0 aromatic rings. The molecule has 1 fully saturated rings. The minimum absolute atomic E-state index is 0.0571. The number of aliphatic hydroxyl groups is 2. The highest BCUT2D eigenvalue weighted by Gasteiger charge is 2.50. The Kier molecular flexibility index (Phi) is 51.9. The van der Waals surface area contributed by atoms with Crippen molar-refractivity contribution in [2.45, 2.75) is 353 Å². The van der Waals surface area contributed by atoms with Gasteiger partial charge in [-0.2, -0.15) is 0 Å². The molecule has 0 saturated carbocycles. The van der Waals surface area contributed by atoms with Crippen molar-refractivity contribution in [2.75, 3.05) is 13.2 Å². The maximum absolute atomic E-state index is 13.2. The zero-order valence-electron chi connectivity index (χ0n) is 50.9.